The highest BCUT2D eigenvalue weighted by Gasteiger charge is 2.26. The molecule has 0 bridgehead atoms. The highest BCUT2D eigenvalue weighted by Crippen LogP contribution is 2.29. The Morgan fingerprint density at radius 2 is 1.87 bits per heavy atom. The van der Waals surface area contributed by atoms with E-state index in [1.54, 1.807) is 6.20 Å². The molecular formula is C25H30N4O2. The molecule has 3 heterocycles. The monoisotopic (exact) mass is 418 g/mol. The quantitative estimate of drug-likeness (QED) is 0.658. The lowest BCUT2D eigenvalue weighted by molar-refractivity contribution is -0.136. The van der Waals surface area contributed by atoms with E-state index in [2.05, 4.69) is 29.4 Å². The third-order valence-corrected chi connectivity index (χ3v) is 6.40. The predicted octanol–water partition coefficient (Wildman–Crippen LogP) is 4.02. The second-order valence-electron chi connectivity index (χ2n) is 8.44. The summed E-state index contributed by atoms with van der Waals surface area (Å²) in [6.45, 7) is 6.17. The average molecular weight is 419 g/mol. The normalized spacial score (nSPS) is 15.7. The van der Waals surface area contributed by atoms with Crippen molar-refractivity contribution in [1.82, 2.24) is 19.6 Å². The van der Waals surface area contributed by atoms with Crippen molar-refractivity contribution in [2.45, 2.75) is 45.6 Å². The molecule has 0 spiro atoms. The van der Waals surface area contributed by atoms with Gasteiger partial charge >= 0.3 is 0 Å². The van der Waals surface area contributed by atoms with Gasteiger partial charge in [-0.25, -0.2) is 4.98 Å². The summed E-state index contributed by atoms with van der Waals surface area (Å²) in [7, 11) is 0. The highest BCUT2D eigenvalue weighted by atomic mass is 16.2. The Labute approximate surface area is 183 Å². The smallest absolute Gasteiger partial charge is 0.251 e. The summed E-state index contributed by atoms with van der Waals surface area (Å²) < 4.78 is 1.94. The van der Waals surface area contributed by atoms with Crippen molar-refractivity contribution in [3.8, 4) is 0 Å². The number of pyridine rings is 1. The maximum absolute atomic E-state index is 12.6. The van der Waals surface area contributed by atoms with Crippen molar-refractivity contribution in [2.24, 2.45) is 5.92 Å². The fourth-order valence-electron chi connectivity index (χ4n) is 4.17. The Balaban J connectivity index is 1.30. The SMILES string of the molecule is CC[C@H](C)C(=O)N1CCC(c2ccc(C(=O)NCc3ccn4ccnc4c3)cc2)CC1. The Morgan fingerprint density at radius 3 is 2.58 bits per heavy atom. The first-order chi connectivity index (χ1) is 15.0. The van der Waals surface area contributed by atoms with Gasteiger partial charge in [-0.3, -0.25) is 9.59 Å². The van der Waals surface area contributed by atoms with Gasteiger partial charge in [0.1, 0.15) is 5.65 Å². The van der Waals surface area contributed by atoms with E-state index in [4.69, 9.17) is 0 Å². The minimum absolute atomic E-state index is 0.0799. The van der Waals surface area contributed by atoms with Gasteiger partial charge < -0.3 is 14.6 Å². The first-order valence-corrected chi connectivity index (χ1v) is 11.1. The zero-order valence-corrected chi connectivity index (χ0v) is 18.3. The molecule has 2 aromatic heterocycles. The lowest BCUT2D eigenvalue weighted by Gasteiger charge is -2.33. The Morgan fingerprint density at radius 1 is 1.13 bits per heavy atom. The van der Waals surface area contributed by atoms with Crippen LogP contribution < -0.4 is 5.32 Å². The summed E-state index contributed by atoms with van der Waals surface area (Å²) >= 11 is 0. The molecule has 3 aromatic rings. The molecule has 6 nitrogen and oxygen atoms in total. The van der Waals surface area contributed by atoms with Gasteiger partial charge in [0, 0.05) is 49.7 Å². The molecule has 0 radical (unpaired) electrons. The molecule has 1 aromatic carbocycles. The standard InChI is InChI=1S/C25H30N4O2/c1-3-18(2)25(31)29-13-9-21(10-14-29)20-4-6-22(7-5-20)24(30)27-17-19-8-12-28-15-11-26-23(28)16-19/h4-8,11-12,15-16,18,21H,3,9-10,13-14,17H2,1-2H3,(H,27,30)/t18-/m0/s1. The molecule has 1 N–H and O–H groups in total. The number of hydrogen-bond acceptors (Lipinski definition) is 3. The van der Waals surface area contributed by atoms with Crippen LogP contribution in [0.2, 0.25) is 0 Å². The van der Waals surface area contributed by atoms with E-state index in [1.807, 2.05) is 52.9 Å². The average Bonchev–Trinajstić information content (AvgIpc) is 3.29. The van der Waals surface area contributed by atoms with Crippen molar-refractivity contribution in [3.63, 3.8) is 0 Å². The van der Waals surface area contributed by atoms with Gasteiger partial charge in [-0.2, -0.15) is 0 Å². The van der Waals surface area contributed by atoms with Crippen LogP contribution in [0.4, 0.5) is 0 Å². The van der Waals surface area contributed by atoms with Crippen LogP contribution in [0.3, 0.4) is 0 Å². The van der Waals surface area contributed by atoms with Gasteiger partial charge in [0.15, 0.2) is 0 Å². The van der Waals surface area contributed by atoms with Crippen LogP contribution in [0.5, 0.6) is 0 Å². The number of fused-ring (bicyclic) bond motifs is 1. The molecule has 4 rings (SSSR count). The maximum atomic E-state index is 12.6. The zero-order valence-electron chi connectivity index (χ0n) is 18.3. The van der Waals surface area contributed by atoms with Crippen LogP contribution in [0.1, 0.15) is 60.5 Å². The first-order valence-electron chi connectivity index (χ1n) is 11.1. The van der Waals surface area contributed by atoms with Gasteiger partial charge in [0.05, 0.1) is 0 Å². The molecule has 0 saturated carbocycles. The maximum Gasteiger partial charge on any atom is 0.251 e. The lowest BCUT2D eigenvalue weighted by atomic mass is 9.88. The number of aromatic nitrogens is 2. The van der Waals surface area contributed by atoms with Crippen LogP contribution in [0.15, 0.2) is 55.0 Å². The van der Waals surface area contributed by atoms with Gasteiger partial charge in [-0.05, 0) is 60.6 Å². The molecule has 1 fully saturated rings. The first kappa shape index (κ1) is 21.1. The number of imidazole rings is 1. The predicted molar refractivity (Wildman–Crippen MR) is 121 cm³/mol. The van der Waals surface area contributed by atoms with E-state index >= 15 is 0 Å². The van der Waals surface area contributed by atoms with E-state index in [0.29, 0.717) is 18.0 Å². The Bertz CT molecular complexity index is 1050. The molecule has 2 amide bonds. The van der Waals surface area contributed by atoms with E-state index in [0.717, 1.165) is 43.6 Å². The summed E-state index contributed by atoms with van der Waals surface area (Å²) in [5.41, 5.74) is 3.79. The van der Waals surface area contributed by atoms with Gasteiger partial charge in [-0.15, -0.1) is 0 Å². The number of rotatable bonds is 6. The third-order valence-electron chi connectivity index (χ3n) is 6.40. The minimum atomic E-state index is -0.0799. The number of piperidine rings is 1. The fraction of sp³-hybridized carbons (Fsp3) is 0.400. The van der Waals surface area contributed by atoms with Crippen LogP contribution >= 0.6 is 0 Å². The summed E-state index contributed by atoms with van der Waals surface area (Å²) in [5.74, 6) is 0.749. The summed E-state index contributed by atoms with van der Waals surface area (Å²) in [5, 5.41) is 2.99. The van der Waals surface area contributed by atoms with Crippen molar-refractivity contribution in [3.05, 3.63) is 71.7 Å². The molecule has 162 valence electrons. The number of amides is 2. The molecule has 6 heteroatoms. The Hall–Kier alpha value is -3.15. The zero-order chi connectivity index (χ0) is 21.8. The molecule has 1 saturated heterocycles. The van der Waals surface area contributed by atoms with Crippen molar-refractivity contribution >= 4 is 17.5 Å². The van der Waals surface area contributed by atoms with Gasteiger partial charge in [-0.1, -0.05) is 26.0 Å². The van der Waals surface area contributed by atoms with Crippen LogP contribution in [0, 0.1) is 5.92 Å². The lowest BCUT2D eigenvalue weighted by Crippen LogP contribution is -2.40. The van der Waals surface area contributed by atoms with Crippen molar-refractivity contribution in [1.29, 1.82) is 0 Å². The molecule has 31 heavy (non-hydrogen) atoms. The minimum Gasteiger partial charge on any atom is -0.348 e. The van der Waals surface area contributed by atoms with E-state index < -0.39 is 0 Å². The van der Waals surface area contributed by atoms with Crippen LogP contribution in [-0.4, -0.2) is 39.2 Å². The number of nitrogens with one attached hydrogen (secondary N) is 1. The number of benzene rings is 1. The number of hydrogen-bond donors (Lipinski definition) is 1. The number of likely N-dealkylation sites (tertiary alicyclic amines) is 1. The Kier molecular flexibility index (Phi) is 6.35. The topological polar surface area (TPSA) is 66.7 Å². The van der Waals surface area contributed by atoms with Gasteiger partial charge in [0.25, 0.3) is 5.91 Å². The second kappa shape index (κ2) is 9.33. The largest absolute Gasteiger partial charge is 0.348 e. The van der Waals surface area contributed by atoms with Crippen molar-refractivity contribution < 1.29 is 9.59 Å². The molecule has 0 unspecified atom stereocenters. The summed E-state index contributed by atoms with van der Waals surface area (Å²) in [6, 6.07) is 11.9. The molecular weight excluding hydrogens is 388 g/mol. The van der Waals surface area contributed by atoms with E-state index in [-0.39, 0.29) is 17.7 Å². The molecule has 0 aliphatic carbocycles. The second-order valence-corrected chi connectivity index (χ2v) is 8.44. The molecule has 1 aliphatic heterocycles. The van der Waals surface area contributed by atoms with Crippen LogP contribution in [0.25, 0.3) is 5.65 Å². The van der Waals surface area contributed by atoms with Crippen molar-refractivity contribution in [2.75, 3.05) is 13.1 Å². The highest BCUT2D eigenvalue weighted by molar-refractivity contribution is 5.94. The number of carbonyl (C=O) groups excluding carboxylic acids is 2. The third kappa shape index (κ3) is 4.79. The number of nitrogens with zero attached hydrogens (tertiary/aromatic N) is 3. The molecule has 1 atom stereocenters. The van der Waals surface area contributed by atoms with E-state index in [9.17, 15) is 9.59 Å². The summed E-state index contributed by atoms with van der Waals surface area (Å²) in [4.78, 5) is 31.2. The number of carbonyl (C=O) groups is 2. The fourth-order valence-corrected chi connectivity index (χ4v) is 4.17. The van der Waals surface area contributed by atoms with E-state index in [1.165, 1.54) is 5.56 Å². The summed E-state index contributed by atoms with van der Waals surface area (Å²) in [6.07, 6.45) is 8.44. The van der Waals surface area contributed by atoms with Crippen LogP contribution in [-0.2, 0) is 11.3 Å². The van der Waals surface area contributed by atoms with Gasteiger partial charge in [0.2, 0.25) is 5.91 Å². The molecule has 1 aliphatic rings.